The van der Waals surface area contributed by atoms with Crippen LogP contribution in [0.2, 0.25) is 0 Å². The fourth-order valence-electron chi connectivity index (χ4n) is 1.64. The first-order valence-corrected chi connectivity index (χ1v) is 8.35. The molecule has 7 heteroatoms. The molecule has 0 aliphatic heterocycles. The molecule has 4 nitrogen and oxygen atoms in total. The van der Waals surface area contributed by atoms with E-state index in [0.717, 1.165) is 18.9 Å². The lowest BCUT2D eigenvalue weighted by atomic mass is 10.1. The molecule has 0 amide bonds. The number of unbranched alkanes of at least 4 members (excludes halogenated alkanes) is 1. The van der Waals surface area contributed by atoms with Gasteiger partial charge in [-0.25, -0.2) is 17.5 Å². The van der Waals surface area contributed by atoms with Crippen LogP contribution in [0.5, 0.6) is 0 Å². The molecule has 3 N–H and O–H groups in total. The molecule has 0 bridgehead atoms. The zero-order chi connectivity index (χ0) is 14.5. The summed E-state index contributed by atoms with van der Waals surface area (Å²) in [7, 11) is -3.89. The minimum absolute atomic E-state index is 0.189. The van der Waals surface area contributed by atoms with Crippen molar-refractivity contribution in [3.05, 3.63) is 28.5 Å². The normalized spacial score (nSPS) is 13.5. The Morgan fingerprint density at radius 3 is 2.74 bits per heavy atom. The van der Waals surface area contributed by atoms with Crippen LogP contribution in [0, 0.1) is 5.82 Å². The van der Waals surface area contributed by atoms with E-state index in [1.165, 1.54) is 12.1 Å². The molecule has 108 valence electrons. The Kier molecular flexibility index (Phi) is 6.38. The summed E-state index contributed by atoms with van der Waals surface area (Å²) >= 11 is 3.13. The smallest absolute Gasteiger partial charge is 0.243 e. The predicted molar refractivity (Wildman–Crippen MR) is 76.8 cm³/mol. The molecule has 1 atom stereocenters. The van der Waals surface area contributed by atoms with Crippen molar-refractivity contribution < 1.29 is 12.8 Å². The summed E-state index contributed by atoms with van der Waals surface area (Å²) < 4.78 is 40.8. The first kappa shape index (κ1) is 16.6. The van der Waals surface area contributed by atoms with Crippen molar-refractivity contribution in [1.29, 1.82) is 0 Å². The third-order valence-electron chi connectivity index (χ3n) is 2.70. The van der Waals surface area contributed by atoms with Gasteiger partial charge >= 0.3 is 0 Å². The molecule has 0 fully saturated rings. The van der Waals surface area contributed by atoms with Gasteiger partial charge in [-0.15, -0.1) is 0 Å². The van der Waals surface area contributed by atoms with Crippen LogP contribution >= 0.6 is 15.9 Å². The largest absolute Gasteiger partial charge is 0.329 e. The molecule has 0 saturated heterocycles. The lowest BCUT2D eigenvalue weighted by molar-refractivity contribution is 0.509. The summed E-state index contributed by atoms with van der Waals surface area (Å²) in [6.07, 6.45) is 2.46. The van der Waals surface area contributed by atoms with E-state index >= 15 is 0 Å². The molecule has 1 unspecified atom stereocenters. The maximum atomic E-state index is 13.6. The lowest BCUT2D eigenvalue weighted by Gasteiger charge is -2.17. The van der Waals surface area contributed by atoms with Gasteiger partial charge in [0, 0.05) is 17.1 Å². The fourth-order valence-corrected chi connectivity index (χ4v) is 3.54. The molecule has 1 aromatic rings. The maximum absolute atomic E-state index is 13.6. The number of hydrogen-bond donors (Lipinski definition) is 2. The number of hydrogen-bond acceptors (Lipinski definition) is 3. The summed E-state index contributed by atoms with van der Waals surface area (Å²) in [5.41, 5.74) is 5.54. The molecule has 0 spiro atoms. The number of halogens is 2. The van der Waals surface area contributed by atoms with Crippen LogP contribution in [-0.2, 0) is 10.0 Å². The van der Waals surface area contributed by atoms with Crippen molar-refractivity contribution in [3.63, 3.8) is 0 Å². The number of sulfonamides is 1. The molecule has 0 saturated carbocycles. The SMILES string of the molecule is CCCCC(CN)NS(=O)(=O)c1cc(Br)ccc1F. The van der Waals surface area contributed by atoms with Gasteiger partial charge in [-0.05, 0) is 24.6 Å². The van der Waals surface area contributed by atoms with Gasteiger partial charge < -0.3 is 5.73 Å². The first-order valence-electron chi connectivity index (χ1n) is 6.08. The maximum Gasteiger partial charge on any atom is 0.243 e. The molecule has 0 aliphatic rings. The van der Waals surface area contributed by atoms with E-state index < -0.39 is 15.8 Å². The summed E-state index contributed by atoms with van der Waals surface area (Å²) in [4.78, 5) is -0.364. The van der Waals surface area contributed by atoms with Crippen LogP contribution in [0.1, 0.15) is 26.2 Å². The summed E-state index contributed by atoms with van der Waals surface area (Å²) in [6, 6.07) is 3.43. The van der Waals surface area contributed by atoms with Crippen molar-refractivity contribution in [3.8, 4) is 0 Å². The summed E-state index contributed by atoms with van der Waals surface area (Å²) in [6.45, 7) is 2.20. The quantitative estimate of drug-likeness (QED) is 0.791. The highest BCUT2D eigenvalue weighted by Gasteiger charge is 2.22. The van der Waals surface area contributed by atoms with Crippen LogP contribution < -0.4 is 10.5 Å². The third kappa shape index (κ3) is 4.83. The van der Waals surface area contributed by atoms with Gasteiger partial charge in [-0.2, -0.15) is 0 Å². The van der Waals surface area contributed by atoms with Crippen molar-refractivity contribution >= 4 is 26.0 Å². The predicted octanol–water partition coefficient (Wildman–Crippen LogP) is 2.38. The van der Waals surface area contributed by atoms with Crippen molar-refractivity contribution in [2.24, 2.45) is 5.73 Å². The van der Waals surface area contributed by atoms with Crippen LogP contribution in [0.25, 0.3) is 0 Å². The minimum atomic E-state index is -3.89. The van der Waals surface area contributed by atoms with E-state index in [4.69, 9.17) is 5.73 Å². The number of nitrogens with one attached hydrogen (secondary N) is 1. The van der Waals surface area contributed by atoms with Gasteiger partial charge in [-0.3, -0.25) is 0 Å². The molecule has 0 heterocycles. The Balaban J connectivity index is 2.93. The van der Waals surface area contributed by atoms with Crippen LogP contribution in [0.3, 0.4) is 0 Å². The van der Waals surface area contributed by atoms with Crippen LogP contribution in [0.15, 0.2) is 27.6 Å². The van der Waals surface area contributed by atoms with E-state index in [2.05, 4.69) is 20.7 Å². The van der Waals surface area contributed by atoms with Crippen LogP contribution in [0.4, 0.5) is 4.39 Å². The van der Waals surface area contributed by atoms with Crippen molar-refractivity contribution in [1.82, 2.24) is 4.72 Å². The second-order valence-electron chi connectivity index (χ2n) is 4.27. The number of rotatable bonds is 7. The molecule has 1 aromatic carbocycles. The Labute approximate surface area is 121 Å². The van der Waals surface area contributed by atoms with E-state index in [1.807, 2.05) is 6.92 Å². The lowest BCUT2D eigenvalue weighted by Crippen LogP contribution is -2.40. The standard InChI is InChI=1S/C12H18BrFN2O2S/c1-2-3-4-10(8-15)16-19(17,18)12-7-9(13)5-6-11(12)14/h5-7,10,16H,2-4,8,15H2,1H3. The second-order valence-corrected chi connectivity index (χ2v) is 6.87. The molecule has 19 heavy (non-hydrogen) atoms. The molecular weight excluding hydrogens is 335 g/mol. The topological polar surface area (TPSA) is 72.2 Å². The van der Waals surface area contributed by atoms with Gasteiger partial charge in [0.15, 0.2) is 0 Å². The first-order chi connectivity index (χ1) is 8.90. The van der Waals surface area contributed by atoms with Gasteiger partial charge in [0.2, 0.25) is 10.0 Å². The highest BCUT2D eigenvalue weighted by atomic mass is 79.9. The van der Waals surface area contributed by atoms with Crippen LogP contribution in [-0.4, -0.2) is 21.0 Å². The molecule has 0 radical (unpaired) electrons. The monoisotopic (exact) mass is 352 g/mol. The average Bonchev–Trinajstić information content (AvgIpc) is 2.37. The Hall–Kier alpha value is -0.500. The highest BCUT2D eigenvalue weighted by Crippen LogP contribution is 2.20. The Bertz CT molecular complexity index is 522. The Morgan fingerprint density at radius 1 is 1.47 bits per heavy atom. The molecule has 0 aliphatic carbocycles. The van der Waals surface area contributed by atoms with Gasteiger partial charge in [0.25, 0.3) is 0 Å². The van der Waals surface area contributed by atoms with Crippen molar-refractivity contribution in [2.45, 2.75) is 37.1 Å². The zero-order valence-electron chi connectivity index (χ0n) is 10.7. The number of benzene rings is 1. The second kappa shape index (κ2) is 7.33. The zero-order valence-corrected chi connectivity index (χ0v) is 13.1. The van der Waals surface area contributed by atoms with Gasteiger partial charge in [0.05, 0.1) is 0 Å². The molecule has 0 aromatic heterocycles. The average molecular weight is 353 g/mol. The van der Waals surface area contributed by atoms with E-state index in [9.17, 15) is 12.8 Å². The van der Waals surface area contributed by atoms with E-state index in [0.29, 0.717) is 10.9 Å². The van der Waals surface area contributed by atoms with Crippen molar-refractivity contribution in [2.75, 3.05) is 6.54 Å². The molecule has 1 rings (SSSR count). The van der Waals surface area contributed by atoms with Gasteiger partial charge in [-0.1, -0.05) is 35.7 Å². The summed E-state index contributed by atoms with van der Waals surface area (Å²) in [5.74, 6) is -0.776. The Morgan fingerprint density at radius 2 is 2.16 bits per heavy atom. The van der Waals surface area contributed by atoms with E-state index in [-0.39, 0.29) is 17.5 Å². The van der Waals surface area contributed by atoms with Gasteiger partial charge in [0.1, 0.15) is 10.7 Å². The minimum Gasteiger partial charge on any atom is -0.329 e. The fraction of sp³-hybridized carbons (Fsp3) is 0.500. The number of nitrogens with two attached hydrogens (primary N) is 1. The third-order valence-corrected chi connectivity index (χ3v) is 4.72. The molecular formula is C12H18BrFN2O2S. The highest BCUT2D eigenvalue weighted by molar-refractivity contribution is 9.10. The van der Waals surface area contributed by atoms with E-state index in [1.54, 1.807) is 0 Å². The summed E-state index contributed by atoms with van der Waals surface area (Å²) in [5, 5.41) is 0.